The van der Waals surface area contributed by atoms with Crippen molar-refractivity contribution in [1.29, 1.82) is 0 Å². The van der Waals surface area contributed by atoms with Crippen LogP contribution < -0.4 is 19.5 Å². The zero-order chi connectivity index (χ0) is 16.9. The van der Waals surface area contributed by atoms with E-state index in [1.54, 1.807) is 18.2 Å². The Labute approximate surface area is 137 Å². The lowest BCUT2D eigenvalue weighted by Gasteiger charge is -2.11. The number of hydrogen-bond acceptors (Lipinski definition) is 4. The molecule has 3 rings (SSSR count). The summed E-state index contributed by atoms with van der Waals surface area (Å²) >= 11 is 0. The highest BCUT2D eigenvalue weighted by Gasteiger charge is 2.13. The molecular weight excluding hydrogens is 320 g/mol. The number of fused-ring (bicyclic) bond motifs is 1. The number of hydrogen-bond donors (Lipinski definition) is 1. The maximum Gasteiger partial charge on any atom is 0.387 e. The molecule has 0 saturated carbocycles. The summed E-state index contributed by atoms with van der Waals surface area (Å²) in [6.07, 6.45) is 0.785. The third-order valence-corrected chi connectivity index (χ3v) is 3.33. The predicted molar refractivity (Wildman–Crippen MR) is 83.1 cm³/mol. The minimum atomic E-state index is -2.94. The number of ether oxygens (including phenoxy) is 3. The highest BCUT2D eigenvalue weighted by molar-refractivity contribution is 6.04. The third kappa shape index (κ3) is 3.92. The number of halogens is 2. The van der Waals surface area contributed by atoms with Gasteiger partial charge in [-0.2, -0.15) is 8.78 Å². The summed E-state index contributed by atoms with van der Waals surface area (Å²) in [5.74, 6) is 0.665. The van der Waals surface area contributed by atoms with E-state index in [2.05, 4.69) is 10.1 Å². The van der Waals surface area contributed by atoms with Gasteiger partial charge in [0.25, 0.3) is 5.91 Å². The third-order valence-electron chi connectivity index (χ3n) is 3.33. The van der Waals surface area contributed by atoms with Crippen LogP contribution in [0.3, 0.4) is 0 Å². The smallest absolute Gasteiger partial charge is 0.387 e. The second kappa shape index (κ2) is 7.16. The molecule has 1 aliphatic heterocycles. The maximum absolute atomic E-state index is 12.3. The van der Waals surface area contributed by atoms with Gasteiger partial charge in [0.1, 0.15) is 5.75 Å². The van der Waals surface area contributed by atoms with Crippen molar-refractivity contribution in [2.75, 3.05) is 18.5 Å². The number of nitrogens with one attached hydrogen (secondary N) is 1. The van der Waals surface area contributed by atoms with Crippen LogP contribution in [-0.2, 0) is 0 Å². The Morgan fingerprint density at radius 2 is 1.88 bits per heavy atom. The minimum absolute atomic E-state index is 0.0729. The molecule has 1 amide bonds. The Kier molecular flexibility index (Phi) is 4.79. The highest BCUT2D eigenvalue weighted by atomic mass is 19.3. The molecule has 1 N–H and O–H groups in total. The fourth-order valence-electron chi connectivity index (χ4n) is 2.26. The molecule has 0 aromatic heterocycles. The first-order chi connectivity index (χ1) is 11.6. The Bertz CT molecular complexity index is 736. The monoisotopic (exact) mass is 335 g/mol. The number of benzene rings is 2. The van der Waals surface area contributed by atoms with E-state index in [1.807, 2.05) is 0 Å². The lowest BCUT2D eigenvalue weighted by atomic mass is 10.2. The summed E-state index contributed by atoms with van der Waals surface area (Å²) in [6.45, 7) is -1.82. The lowest BCUT2D eigenvalue weighted by molar-refractivity contribution is -0.0498. The lowest BCUT2D eigenvalue weighted by Crippen LogP contribution is -2.12. The van der Waals surface area contributed by atoms with Gasteiger partial charge in [0.05, 0.1) is 13.2 Å². The van der Waals surface area contributed by atoms with Gasteiger partial charge in [-0.25, -0.2) is 0 Å². The van der Waals surface area contributed by atoms with Crippen LogP contribution in [0.5, 0.6) is 17.2 Å². The van der Waals surface area contributed by atoms with E-state index >= 15 is 0 Å². The Balaban J connectivity index is 1.74. The molecule has 1 aliphatic rings. The first-order valence-corrected chi connectivity index (χ1v) is 7.38. The summed E-state index contributed by atoms with van der Waals surface area (Å²) in [5, 5.41) is 2.69. The van der Waals surface area contributed by atoms with E-state index in [0.717, 1.165) is 6.42 Å². The molecule has 24 heavy (non-hydrogen) atoms. The Hall–Kier alpha value is -2.83. The first-order valence-electron chi connectivity index (χ1n) is 7.38. The van der Waals surface area contributed by atoms with Gasteiger partial charge in [0.2, 0.25) is 0 Å². The van der Waals surface area contributed by atoms with E-state index < -0.39 is 12.5 Å². The Morgan fingerprint density at radius 3 is 2.67 bits per heavy atom. The average molecular weight is 335 g/mol. The van der Waals surface area contributed by atoms with Gasteiger partial charge < -0.3 is 19.5 Å². The molecule has 7 heteroatoms. The van der Waals surface area contributed by atoms with E-state index in [1.165, 1.54) is 24.3 Å². The fourth-order valence-corrected chi connectivity index (χ4v) is 2.26. The second-order valence-electron chi connectivity index (χ2n) is 5.07. The summed E-state index contributed by atoms with van der Waals surface area (Å²) in [5.41, 5.74) is 0.727. The van der Waals surface area contributed by atoms with E-state index in [4.69, 9.17) is 9.47 Å². The van der Waals surface area contributed by atoms with Gasteiger partial charge in [-0.1, -0.05) is 6.07 Å². The van der Waals surface area contributed by atoms with Crippen LogP contribution in [-0.4, -0.2) is 25.7 Å². The van der Waals surface area contributed by atoms with Crippen molar-refractivity contribution in [3.8, 4) is 17.2 Å². The zero-order valence-electron chi connectivity index (χ0n) is 12.6. The summed E-state index contributed by atoms with van der Waals surface area (Å²) in [7, 11) is 0. The van der Waals surface area contributed by atoms with Gasteiger partial charge in [0, 0.05) is 23.7 Å². The minimum Gasteiger partial charge on any atom is -0.490 e. The van der Waals surface area contributed by atoms with Crippen LogP contribution in [0.15, 0.2) is 42.5 Å². The second-order valence-corrected chi connectivity index (χ2v) is 5.07. The van der Waals surface area contributed by atoms with Crippen LogP contribution in [0.2, 0.25) is 0 Å². The van der Waals surface area contributed by atoms with Crippen molar-refractivity contribution in [3.05, 3.63) is 48.0 Å². The molecule has 126 valence electrons. The maximum atomic E-state index is 12.3. The van der Waals surface area contributed by atoms with Crippen molar-refractivity contribution < 1.29 is 27.8 Å². The molecule has 0 unspecified atom stereocenters. The molecule has 0 spiro atoms. The average Bonchev–Trinajstić information content (AvgIpc) is 2.79. The molecule has 1 heterocycles. The molecule has 0 saturated heterocycles. The molecule has 0 aliphatic carbocycles. The molecular formula is C17H15F2NO4. The zero-order valence-corrected chi connectivity index (χ0v) is 12.6. The first kappa shape index (κ1) is 16.0. The van der Waals surface area contributed by atoms with Gasteiger partial charge >= 0.3 is 6.61 Å². The predicted octanol–water partition coefficient (Wildman–Crippen LogP) is 3.70. The molecule has 5 nitrogen and oxygen atoms in total. The van der Waals surface area contributed by atoms with Crippen LogP contribution in [0.1, 0.15) is 16.8 Å². The van der Waals surface area contributed by atoms with E-state index in [0.29, 0.717) is 30.4 Å². The number of anilines is 1. The highest BCUT2D eigenvalue weighted by Crippen LogP contribution is 2.32. The van der Waals surface area contributed by atoms with Crippen molar-refractivity contribution in [3.63, 3.8) is 0 Å². The number of carbonyl (C=O) groups excluding carboxylic acids is 1. The largest absolute Gasteiger partial charge is 0.490 e. The van der Waals surface area contributed by atoms with Crippen molar-refractivity contribution in [2.24, 2.45) is 0 Å². The summed E-state index contributed by atoms with van der Waals surface area (Å²) in [6, 6.07) is 10.7. The van der Waals surface area contributed by atoms with E-state index in [-0.39, 0.29) is 11.3 Å². The summed E-state index contributed by atoms with van der Waals surface area (Å²) in [4.78, 5) is 12.3. The van der Waals surface area contributed by atoms with Crippen molar-refractivity contribution in [2.45, 2.75) is 13.0 Å². The van der Waals surface area contributed by atoms with Gasteiger partial charge in [-0.3, -0.25) is 4.79 Å². The number of rotatable bonds is 4. The standard InChI is InChI=1S/C17H15F2NO4/c18-17(19)24-13-4-1-3-11(9-13)16(21)20-12-5-6-14-15(10-12)23-8-2-7-22-14/h1,3-6,9-10,17H,2,7-8H2,(H,20,21). The quantitative estimate of drug-likeness (QED) is 0.926. The molecule has 0 radical (unpaired) electrons. The SMILES string of the molecule is O=C(Nc1ccc2c(c1)OCCCO2)c1cccc(OC(F)F)c1. The van der Waals surface area contributed by atoms with Crippen LogP contribution in [0.4, 0.5) is 14.5 Å². The van der Waals surface area contributed by atoms with E-state index in [9.17, 15) is 13.6 Å². The van der Waals surface area contributed by atoms with Crippen LogP contribution in [0, 0.1) is 0 Å². The van der Waals surface area contributed by atoms with Gasteiger partial charge in [-0.15, -0.1) is 0 Å². The molecule has 2 aromatic rings. The topological polar surface area (TPSA) is 56.8 Å². The van der Waals surface area contributed by atoms with Crippen LogP contribution >= 0.6 is 0 Å². The Morgan fingerprint density at radius 1 is 1.08 bits per heavy atom. The molecule has 0 fully saturated rings. The molecule has 0 atom stereocenters. The normalized spacial score (nSPS) is 13.3. The number of alkyl halides is 2. The molecule has 0 bridgehead atoms. The van der Waals surface area contributed by atoms with Crippen LogP contribution in [0.25, 0.3) is 0 Å². The number of carbonyl (C=O) groups is 1. The number of amides is 1. The fraction of sp³-hybridized carbons (Fsp3) is 0.235. The van der Waals surface area contributed by atoms with Crippen molar-refractivity contribution in [1.82, 2.24) is 0 Å². The van der Waals surface area contributed by atoms with Gasteiger partial charge in [-0.05, 0) is 30.3 Å². The molecule has 2 aromatic carbocycles. The van der Waals surface area contributed by atoms with Gasteiger partial charge in [0.15, 0.2) is 11.5 Å². The summed E-state index contributed by atoms with van der Waals surface area (Å²) < 4.78 is 39.9. The van der Waals surface area contributed by atoms with Crippen molar-refractivity contribution >= 4 is 11.6 Å².